The SMILES string of the molecule is [CH2-]C1=C(c2ccccc2)COc2ccccc21.[Y]. The largest absolute Gasteiger partial charge is 0.513 e. The van der Waals surface area contributed by atoms with E-state index in [-0.39, 0.29) is 32.7 Å². The van der Waals surface area contributed by atoms with Crippen molar-refractivity contribution in [1.82, 2.24) is 0 Å². The summed E-state index contributed by atoms with van der Waals surface area (Å²) in [6.07, 6.45) is 0. The Bertz CT molecular complexity index is 573. The summed E-state index contributed by atoms with van der Waals surface area (Å²) in [5.41, 5.74) is 4.52. The number of fused-ring (bicyclic) bond motifs is 1. The fourth-order valence-electron chi connectivity index (χ4n) is 2.14. The number of allylic oxidation sites excluding steroid dienone is 1. The number of rotatable bonds is 1. The molecule has 1 heterocycles. The maximum absolute atomic E-state index is 5.76. The Balaban J connectivity index is 0.00000120. The van der Waals surface area contributed by atoms with Crippen LogP contribution in [0.3, 0.4) is 0 Å². The molecule has 0 saturated carbocycles. The molecule has 1 aliphatic rings. The Labute approximate surface area is 133 Å². The van der Waals surface area contributed by atoms with E-state index in [2.05, 4.69) is 25.1 Å². The zero-order valence-corrected chi connectivity index (χ0v) is 12.9. The van der Waals surface area contributed by atoms with Crippen molar-refractivity contribution in [1.29, 1.82) is 0 Å². The van der Waals surface area contributed by atoms with Crippen LogP contribution in [0, 0.1) is 6.92 Å². The summed E-state index contributed by atoms with van der Waals surface area (Å²) in [7, 11) is 0. The minimum absolute atomic E-state index is 0. The monoisotopic (exact) mass is 310 g/mol. The van der Waals surface area contributed by atoms with Gasteiger partial charge in [-0.3, -0.25) is 0 Å². The second kappa shape index (κ2) is 5.73. The summed E-state index contributed by atoms with van der Waals surface area (Å²) in [6, 6.07) is 18.3. The maximum atomic E-state index is 5.76. The molecule has 1 radical (unpaired) electrons. The van der Waals surface area contributed by atoms with Crippen molar-refractivity contribution in [3.8, 4) is 5.75 Å². The maximum Gasteiger partial charge on any atom is 0.0711 e. The summed E-state index contributed by atoms with van der Waals surface area (Å²) in [6.45, 7) is 4.79. The number of hydrogen-bond acceptors (Lipinski definition) is 1. The quantitative estimate of drug-likeness (QED) is 0.728. The molecule has 18 heavy (non-hydrogen) atoms. The van der Waals surface area contributed by atoms with Crippen LogP contribution in [0.1, 0.15) is 11.1 Å². The smallest absolute Gasteiger partial charge is 0.0711 e. The minimum Gasteiger partial charge on any atom is -0.513 e. The van der Waals surface area contributed by atoms with Gasteiger partial charge in [0.1, 0.15) is 0 Å². The first-order valence-electron chi connectivity index (χ1n) is 5.69. The first-order valence-corrected chi connectivity index (χ1v) is 5.69. The molecule has 0 saturated heterocycles. The van der Waals surface area contributed by atoms with Crippen LogP contribution >= 0.6 is 0 Å². The van der Waals surface area contributed by atoms with Gasteiger partial charge in [-0.15, -0.1) is 11.6 Å². The summed E-state index contributed by atoms with van der Waals surface area (Å²) < 4.78 is 5.76. The molecule has 0 fully saturated rings. The van der Waals surface area contributed by atoms with Crippen molar-refractivity contribution in [3.05, 3.63) is 72.6 Å². The van der Waals surface area contributed by atoms with Gasteiger partial charge in [0.15, 0.2) is 0 Å². The van der Waals surface area contributed by atoms with E-state index in [1.807, 2.05) is 36.4 Å². The van der Waals surface area contributed by atoms with E-state index >= 15 is 0 Å². The number of hydrogen-bond donors (Lipinski definition) is 0. The van der Waals surface area contributed by atoms with Crippen LogP contribution in [0.25, 0.3) is 11.1 Å². The molecule has 1 nitrogen and oxygen atoms in total. The van der Waals surface area contributed by atoms with Crippen LogP contribution in [0.15, 0.2) is 54.6 Å². The van der Waals surface area contributed by atoms with Gasteiger partial charge in [-0.25, -0.2) is 0 Å². The van der Waals surface area contributed by atoms with Crippen molar-refractivity contribution in [3.63, 3.8) is 0 Å². The van der Waals surface area contributed by atoms with Gasteiger partial charge in [0.2, 0.25) is 0 Å². The number of para-hydroxylation sites is 1. The molecule has 0 bridgehead atoms. The second-order valence-electron chi connectivity index (χ2n) is 4.11. The Morgan fingerprint density at radius 2 is 1.56 bits per heavy atom. The molecule has 2 aromatic carbocycles. The van der Waals surface area contributed by atoms with Gasteiger partial charge in [0, 0.05) is 32.7 Å². The molecule has 0 spiro atoms. The van der Waals surface area contributed by atoms with Gasteiger partial charge >= 0.3 is 0 Å². The third kappa shape index (κ3) is 2.38. The Kier molecular flexibility index (Phi) is 4.26. The molecular weight excluding hydrogens is 297 g/mol. The molecule has 87 valence electrons. The van der Waals surface area contributed by atoms with Crippen molar-refractivity contribution in [2.24, 2.45) is 0 Å². The van der Waals surface area contributed by atoms with Crippen LogP contribution in [0.5, 0.6) is 5.75 Å². The summed E-state index contributed by atoms with van der Waals surface area (Å²) >= 11 is 0. The third-order valence-corrected chi connectivity index (χ3v) is 3.07. The number of benzene rings is 2. The predicted octanol–water partition coefficient (Wildman–Crippen LogP) is 3.82. The summed E-state index contributed by atoms with van der Waals surface area (Å²) in [4.78, 5) is 0. The Hall–Kier alpha value is -1.05. The summed E-state index contributed by atoms with van der Waals surface area (Å²) in [5.74, 6) is 0.928. The van der Waals surface area contributed by atoms with E-state index in [4.69, 9.17) is 4.74 Å². The van der Waals surface area contributed by atoms with Crippen molar-refractivity contribution < 1.29 is 37.4 Å². The average molecular weight is 310 g/mol. The molecule has 0 amide bonds. The van der Waals surface area contributed by atoms with E-state index in [0.717, 1.165) is 16.9 Å². The van der Waals surface area contributed by atoms with Crippen LogP contribution < -0.4 is 4.74 Å². The van der Waals surface area contributed by atoms with Crippen LogP contribution in [-0.4, -0.2) is 6.61 Å². The molecule has 3 rings (SSSR count). The van der Waals surface area contributed by atoms with E-state index in [0.29, 0.717) is 6.61 Å². The predicted molar refractivity (Wildman–Crippen MR) is 70.6 cm³/mol. The zero-order valence-electron chi connectivity index (χ0n) is 10.1. The Morgan fingerprint density at radius 1 is 0.889 bits per heavy atom. The molecule has 0 N–H and O–H groups in total. The van der Waals surface area contributed by atoms with E-state index in [9.17, 15) is 0 Å². The van der Waals surface area contributed by atoms with Gasteiger partial charge < -0.3 is 4.74 Å². The topological polar surface area (TPSA) is 9.23 Å². The Morgan fingerprint density at radius 3 is 2.33 bits per heavy atom. The first kappa shape index (κ1) is 13.4. The average Bonchev–Trinajstić information content (AvgIpc) is 2.40. The van der Waals surface area contributed by atoms with Crippen LogP contribution in [0.2, 0.25) is 0 Å². The van der Waals surface area contributed by atoms with Crippen molar-refractivity contribution >= 4 is 11.1 Å². The van der Waals surface area contributed by atoms with Gasteiger partial charge in [0.25, 0.3) is 0 Å². The van der Waals surface area contributed by atoms with E-state index in [1.54, 1.807) is 0 Å². The zero-order chi connectivity index (χ0) is 11.7. The second-order valence-corrected chi connectivity index (χ2v) is 4.11. The molecule has 2 aromatic rings. The van der Waals surface area contributed by atoms with E-state index < -0.39 is 0 Å². The molecule has 1 aliphatic heterocycles. The molecule has 0 unspecified atom stereocenters. The first-order chi connectivity index (χ1) is 8.36. The fourth-order valence-corrected chi connectivity index (χ4v) is 2.14. The molecule has 2 heteroatoms. The van der Waals surface area contributed by atoms with Gasteiger partial charge in [0.05, 0.1) is 12.4 Å². The third-order valence-electron chi connectivity index (χ3n) is 3.07. The van der Waals surface area contributed by atoms with Crippen molar-refractivity contribution in [2.75, 3.05) is 6.61 Å². The normalized spacial score (nSPS) is 13.3. The van der Waals surface area contributed by atoms with Gasteiger partial charge in [-0.1, -0.05) is 53.6 Å². The summed E-state index contributed by atoms with van der Waals surface area (Å²) in [5, 5.41) is 0. The van der Waals surface area contributed by atoms with Gasteiger partial charge in [-0.2, -0.15) is 12.5 Å². The fraction of sp³-hybridized carbons (Fsp3) is 0.0625. The van der Waals surface area contributed by atoms with Crippen LogP contribution in [-0.2, 0) is 32.7 Å². The minimum atomic E-state index is 0. The molecule has 0 aromatic heterocycles. The standard InChI is InChI=1S/C16H13O.Y/c1-12-14-9-5-6-10-16(14)17-11-15(12)13-7-3-2-4-8-13;/h2-10H,1,11H2;/q-1;. The number of ether oxygens (including phenoxy) is 1. The molecule has 0 aliphatic carbocycles. The van der Waals surface area contributed by atoms with E-state index in [1.165, 1.54) is 11.1 Å². The van der Waals surface area contributed by atoms with Crippen molar-refractivity contribution in [2.45, 2.75) is 0 Å². The molecule has 0 atom stereocenters. The van der Waals surface area contributed by atoms with Crippen LogP contribution in [0.4, 0.5) is 0 Å². The van der Waals surface area contributed by atoms with Gasteiger partial charge in [-0.05, 0) is 6.07 Å². The molecular formula is C16H13OY-.